The number of hydrogen-bond donors (Lipinski definition) is 5. The van der Waals surface area contributed by atoms with E-state index in [0.29, 0.717) is 5.82 Å². The highest BCUT2D eigenvalue weighted by Crippen LogP contribution is 2.39. The lowest BCUT2D eigenvalue weighted by molar-refractivity contribution is -0.192. The van der Waals surface area contributed by atoms with Crippen molar-refractivity contribution in [3.05, 3.63) is 77.8 Å². The number of carboxylic acid groups (broad SMARTS) is 1. The summed E-state index contributed by atoms with van der Waals surface area (Å²) in [5.41, 5.74) is -0.719. The van der Waals surface area contributed by atoms with E-state index in [9.17, 15) is 46.5 Å². The van der Waals surface area contributed by atoms with Gasteiger partial charge < -0.3 is 34.8 Å². The van der Waals surface area contributed by atoms with Crippen molar-refractivity contribution >= 4 is 23.9 Å². The molecule has 19 heteroatoms. The van der Waals surface area contributed by atoms with Gasteiger partial charge in [0.25, 0.3) is 5.91 Å². The molecule has 0 saturated carbocycles. The maximum absolute atomic E-state index is 15.0. The Kier molecular flexibility index (Phi) is 16.3. The number of amides is 3. The molecule has 304 valence electrons. The Balaban J connectivity index is 0.00000136. The van der Waals surface area contributed by atoms with Crippen LogP contribution in [-0.2, 0) is 25.7 Å². The van der Waals surface area contributed by atoms with Crippen LogP contribution in [0.1, 0.15) is 65.4 Å². The average Bonchev–Trinajstić information content (AvgIpc) is 3.47. The zero-order valence-electron chi connectivity index (χ0n) is 31.2. The average molecular weight is 787 g/mol. The minimum absolute atomic E-state index is 0.0742. The van der Waals surface area contributed by atoms with Crippen LogP contribution in [0.5, 0.6) is 0 Å². The summed E-state index contributed by atoms with van der Waals surface area (Å²) in [6, 6.07) is 10.2. The summed E-state index contributed by atoms with van der Waals surface area (Å²) in [6.07, 6.45) is -4.57. The number of aliphatic hydroxyl groups is 2. The first-order valence-electron chi connectivity index (χ1n) is 16.8. The third-order valence-electron chi connectivity index (χ3n) is 7.55. The maximum atomic E-state index is 15.0. The summed E-state index contributed by atoms with van der Waals surface area (Å²) in [5, 5.41) is 29.8. The fourth-order valence-corrected chi connectivity index (χ4v) is 5.26. The summed E-state index contributed by atoms with van der Waals surface area (Å²) >= 11 is 0. The second kappa shape index (κ2) is 19.4. The van der Waals surface area contributed by atoms with Crippen molar-refractivity contribution in [3.63, 3.8) is 0 Å². The van der Waals surface area contributed by atoms with Crippen LogP contribution in [0, 0.1) is 17.0 Å². The zero-order chi connectivity index (χ0) is 41.9. The van der Waals surface area contributed by atoms with E-state index in [1.807, 2.05) is 51.1 Å². The number of carbonyl (C=O) groups excluding carboxylic acids is 3. The molecule has 0 aliphatic heterocycles. The molecule has 3 amide bonds. The maximum Gasteiger partial charge on any atom is 0.490 e. The lowest BCUT2D eigenvalue weighted by atomic mass is 9.84. The number of nitrogens with zero attached hydrogens (tertiary/aromatic N) is 4. The van der Waals surface area contributed by atoms with Crippen LogP contribution in [0.4, 0.5) is 26.7 Å². The van der Waals surface area contributed by atoms with Gasteiger partial charge in [-0.05, 0) is 56.4 Å². The smallest absolute Gasteiger partial charge is 0.475 e. The standard InChI is InChI=1S/C34H46F2N6O6.C2HF3O2/c1-33(2,3)29(30-38-27(24-18-23(35)12-13-25(24)36)20-40(30)19-22-10-8-7-9-11-22)41(28(45)21-44)15-14-26(31(46)42(37)16-17-43)39-32(47)48-34(4,5)6;3-2(4,5)1(6)7/h7-13,18,20,26,29,43-44H,14-17,19,21,37H2,1-6H3,(H,39,47);(H,6,7)/t26-,29-;/m0./s1. The van der Waals surface area contributed by atoms with Crippen LogP contribution in [-0.4, -0.2) is 103 Å². The van der Waals surface area contributed by atoms with E-state index < -0.39 is 78.0 Å². The van der Waals surface area contributed by atoms with Crippen LogP contribution >= 0.6 is 0 Å². The second-order valence-corrected chi connectivity index (χ2v) is 14.3. The highest BCUT2D eigenvalue weighted by atomic mass is 19.4. The molecule has 0 unspecified atom stereocenters. The Morgan fingerprint density at radius 1 is 0.964 bits per heavy atom. The number of nitrogens with one attached hydrogen (secondary N) is 1. The Morgan fingerprint density at radius 2 is 1.56 bits per heavy atom. The van der Waals surface area contributed by atoms with Gasteiger partial charge in [-0.25, -0.2) is 29.2 Å². The molecule has 0 fully saturated rings. The van der Waals surface area contributed by atoms with E-state index in [-0.39, 0.29) is 37.3 Å². The molecule has 3 aromatic rings. The van der Waals surface area contributed by atoms with Gasteiger partial charge in [0.05, 0.1) is 24.9 Å². The van der Waals surface area contributed by atoms with Gasteiger partial charge in [0.15, 0.2) is 0 Å². The molecule has 6 N–H and O–H groups in total. The number of hydrogen-bond acceptors (Lipinski definition) is 9. The third kappa shape index (κ3) is 14.2. The number of alkyl halides is 3. The molecule has 0 aliphatic carbocycles. The quantitative estimate of drug-likeness (QED) is 0.0716. The van der Waals surface area contributed by atoms with E-state index in [1.165, 1.54) is 4.90 Å². The summed E-state index contributed by atoms with van der Waals surface area (Å²) in [5.74, 6) is 0.629. The number of hydrazine groups is 1. The highest BCUT2D eigenvalue weighted by Gasteiger charge is 2.40. The van der Waals surface area contributed by atoms with Crippen molar-refractivity contribution in [1.82, 2.24) is 24.8 Å². The normalized spacial score (nSPS) is 12.8. The monoisotopic (exact) mass is 786 g/mol. The summed E-state index contributed by atoms with van der Waals surface area (Å²) in [6.45, 7) is 9.07. The lowest BCUT2D eigenvalue weighted by Crippen LogP contribution is -2.54. The zero-order valence-corrected chi connectivity index (χ0v) is 31.2. The summed E-state index contributed by atoms with van der Waals surface area (Å²) in [4.78, 5) is 54.5. The number of halogens is 5. The van der Waals surface area contributed by atoms with Gasteiger partial charge >= 0.3 is 18.2 Å². The molecular formula is C36H47F5N6O8. The molecule has 2 atom stereocenters. The predicted molar refractivity (Wildman–Crippen MR) is 189 cm³/mol. The minimum Gasteiger partial charge on any atom is -0.475 e. The first-order chi connectivity index (χ1) is 25.4. The molecular weight excluding hydrogens is 739 g/mol. The van der Waals surface area contributed by atoms with Gasteiger partial charge in [-0.3, -0.25) is 14.6 Å². The van der Waals surface area contributed by atoms with Crippen molar-refractivity contribution in [2.75, 3.05) is 26.3 Å². The topological polar surface area (TPSA) is 201 Å². The molecule has 1 aromatic heterocycles. The van der Waals surface area contributed by atoms with Gasteiger partial charge in [-0.1, -0.05) is 51.1 Å². The minimum atomic E-state index is -5.08. The third-order valence-corrected chi connectivity index (χ3v) is 7.55. The molecule has 14 nitrogen and oxygen atoms in total. The number of imidazole rings is 1. The molecule has 0 saturated heterocycles. The number of benzene rings is 2. The van der Waals surface area contributed by atoms with E-state index in [1.54, 1.807) is 31.5 Å². The number of carbonyl (C=O) groups is 4. The summed E-state index contributed by atoms with van der Waals surface area (Å²) in [7, 11) is 0. The van der Waals surface area contributed by atoms with Crippen LogP contribution in [0.2, 0.25) is 0 Å². The van der Waals surface area contributed by atoms with Crippen LogP contribution in [0.3, 0.4) is 0 Å². The Labute approximate surface area is 314 Å². The number of alkyl carbamates (subject to hydrolysis) is 1. The van der Waals surface area contributed by atoms with Gasteiger partial charge in [0, 0.05) is 24.8 Å². The van der Waals surface area contributed by atoms with Crippen LogP contribution in [0.15, 0.2) is 54.7 Å². The molecule has 1 heterocycles. The molecule has 3 rings (SSSR count). The Bertz CT molecular complexity index is 1760. The number of aliphatic hydroxyl groups excluding tert-OH is 2. The first kappa shape index (κ1) is 46.0. The van der Waals surface area contributed by atoms with Gasteiger partial charge in [-0.15, -0.1) is 0 Å². The number of rotatable bonds is 13. The lowest BCUT2D eigenvalue weighted by Gasteiger charge is -2.40. The van der Waals surface area contributed by atoms with Gasteiger partial charge in [0.2, 0.25) is 5.91 Å². The van der Waals surface area contributed by atoms with Crippen molar-refractivity contribution in [2.24, 2.45) is 11.3 Å². The SMILES string of the molecule is CC(C)(C)OC(=O)N[C@@H](CCN(C(=O)CO)[C@@H](c1nc(-c2cc(F)ccc2F)cn1Cc1ccccc1)C(C)(C)C)C(=O)N(N)CCO.O=C(O)C(F)(F)F. The van der Waals surface area contributed by atoms with Crippen molar-refractivity contribution in [1.29, 1.82) is 0 Å². The summed E-state index contributed by atoms with van der Waals surface area (Å²) < 4.78 is 68.1. The second-order valence-electron chi connectivity index (χ2n) is 14.3. The van der Waals surface area contributed by atoms with E-state index in [4.69, 9.17) is 25.5 Å². The number of aliphatic carboxylic acids is 1. The van der Waals surface area contributed by atoms with E-state index in [2.05, 4.69) is 5.32 Å². The Hall–Kier alpha value is -5.14. The first-order valence-corrected chi connectivity index (χ1v) is 16.8. The Morgan fingerprint density at radius 3 is 2.07 bits per heavy atom. The van der Waals surface area contributed by atoms with Crippen LogP contribution < -0.4 is 11.2 Å². The fraction of sp³-hybridized carbons (Fsp3) is 0.472. The van der Waals surface area contributed by atoms with Gasteiger partial charge in [0.1, 0.15) is 35.7 Å². The predicted octanol–water partition coefficient (Wildman–Crippen LogP) is 4.40. The molecule has 0 aliphatic rings. The fourth-order valence-electron chi connectivity index (χ4n) is 5.26. The molecule has 0 spiro atoms. The number of aromatic nitrogens is 2. The molecule has 0 radical (unpaired) electrons. The molecule has 0 bridgehead atoms. The largest absolute Gasteiger partial charge is 0.490 e. The van der Waals surface area contributed by atoms with E-state index in [0.717, 1.165) is 28.8 Å². The van der Waals surface area contributed by atoms with E-state index >= 15 is 0 Å². The number of carboxylic acids is 1. The van der Waals surface area contributed by atoms with Crippen LogP contribution in [0.25, 0.3) is 11.3 Å². The van der Waals surface area contributed by atoms with Gasteiger partial charge in [-0.2, -0.15) is 13.2 Å². The highest BCUT2D eigenvalue weighted by molar-refractivity contribution is 5.85. The van der Waals surface area contributed by atoms with Crippen molar-refractivity contribution in [2.45, 2.75) is 78.4 Å². The van der Waals surface area contributed by atoms with Crippen molar-refractivity contribution < 1.29 is 61.2 Å². The molecule has 55 heavy (non-hydrogen) atoms. The number of ether oxygens (including phenoxy) is 1. The van der Waals surface area contributed by atoms with Crippen molar-refractivity contribution in [3.8, 4) is 11.3 Å². The number of nitrogens with two attached hydrogens (primary N) is 1. The molecule has 2 aromatic carbocycles.